The smallest absolute Gasteiger partial charge is 0.312 e. The van der Waals surface area contributed by atoms with E-state index < -0.39 is 17.8 Å². The number of likely N-dealkylation sites (N-methyl/N-ethyl adjacent to an activating group) is 2. The Hall–Kier alpha value is -16.8. The van der Waals surface area contributed by atoms with Crippen LogP contribution in [0.3, 0.4) is 0 Å². The van der Waals surface area contributed by atoms with Gasteiger partial charge in [0, 0.05) is 98.4 Å². The van der Waals surface area contributed by atoms with Crippen LogP contribution in [-0.4, -0.2) is 238 Å². The summed E-state index contributed by atoms with van der Waals surface area (Å²) in [6.07, 6.45) is 5.74. The summed E-state index contributed by atoms with van der Waals surface area (Å²) in [7, 11) is 5.07. The number of hydrogen-bond donors (Lipinski definition) is 24. The quantitative estimate of drug-likeness (QED) is 0.0215. The number of benzene rings is 11. The van der Waals surface area contributed by atoms with Crippen molar-refractivity contribution in [3.05, 3.63) is 262 Å². The van der Waals surface area contributed by atoms with Gasteiger partial charge >= 0.3 is 5.95 Å². The van der Waals surface area contributed by atoms with Gasteiger partial charge in [0.25, 0.3) is 17.7 Å². The van der Waals surface area contributed by atoms with Gasteiger partial charge in [-0.3, -0.25) is 29.0 Å². The highest BCUT2D eigenvalue weighted by Crippen LogP contribution is 2.44. The van der Waals surface area contributed by atoms with Gasteiger partial charge in [-0.15, -0.1) is 0 Å². The van der Waals surface area contributed by atoms with Crippen LogP contribution in [0.5, 0.6) is 132 Å². The summed E-state index contributed by atoms with van der Waals surface area (Å²) < 4.78 is 5.12. The van der Waals surface area contributed by atoms with Crippen LogP contribution in [0.15, 0.2) is 210 Å². The summed E-state index contributed by atoms with van der Waals surface area (Å²) in [4.78, 5) is 75.2. The number of phenolic OH excluding ortho intramolecular Hbond substituents is 22. The lowest BCUT2D eigenvalue weighted by Gasteiger charge is -2.34. The van der Waals surface area contributed by atoms with Crippen LogP contribution < -0.4 is 5.73 Å². The maximum atomic E-state index is 12.9. The topological polar surface area (TPSA) is 628 Å². The molecule has 0 radical (unpaired) electrons. The average molecular weight is 1790 g/mol. The number of fused-ring (bicyclic) bond motifs is 2. The fourth-order valence-corrected chi connectivity index (χ4v) is 14.4. The molecule has 2 aliphatic heterocycles. The molecule has 4 unspecified atom stereocenters. The number of hydrogen-bond acceptors (Lipinski definition) is 32. The van der Waals surface area contributed by atoms with Gasteiger partial charge < -0.3 is 147 Å². The number of Topliss-reactive ketones (excluding diaryl/α,β-unsaturated/α-hetero) is 1. The van der Waals surface area contributed by atoms with Gasteiger partial charge in [-0.05, 0) is 242 Å². The molecule has 2 bridgehead atoms. The first-order valence-corrected chi connectivity index (χ1v) is 39.8. The number of phenols is 22. The van der Waals surface area contributed by atoms with E-state index in [1.165, 1.54) is 174 Å². The number of amides is 4. The number of aromatic hydroxyl groups is 23. The molecule has 0 spiro atoms. The number of oxazole rings is 1. The fourth-order valence-electron chi connectivity index (χ4n) is 14.4. The second-order valence-electron chi connectivity index (χ2n) is 30.9. The van der Waals surface area contributed by atoms with Gasteiger partial charge in [-0.1, -0.05) is 36.4 Å². The van der Waals surface area contributed by atoms with E-state index in [2.05, 4.69) is 14.9 Å². The van der Waals surface area contributed by atoms with Crippen LogP contribution in [0.2, 0.25) is 0 Å². The summed E-state index contributed by atoms with van der Waals surface area (Å²) >= 11 is 0. The van der Waals surface area contributed by atoms with E-state index in [1.54, 1.807) is 56.6 Å². The molecule has 36 nitrogen and oxygen atoms in total. The molecule has 36 heteroatoms. The summed E-state index contributed by atoms with van der Waals surface area (Å²) in [6.45, 7) is 2.76. The number of rotatable bonds is 18. The highest BCUT2D eigenvalue weighted by atomic mass is 16.5. The minimum absolute atomic E-state index is 0.0347. The summed E-state index contributed by atoms with van der Waals surface area (Å²) in [6, 6.07) is 46.3. The molecule has 680 valence electrons. The van der Waals surface area contributed by atoms with E-state index in [-0.39, 0.29) is 210 Å². The first-order chi connectivity index (χ1) is 61.6. The minimum Gasteiger partial charge on any atom is -0.504 e. The molecule has 12 aromatic rings. The molecule has 25 N–H and O–H groups in total. The van der Waals surface area contributed by atoms with E-state index >= 15 is 0 Å². The Labute approximate surface area is 741 Å². The average Bonchev–Trinajstić information content (AvgIpc) is 1.59. The lowest BCUT2D eigenvalue weighted by Crippen LogP contribution is -2.46. The molecule has 2 saturated heterocycles. The van der Waals surface area contributed by atoms with Gasteiger partial charge in [-0.2, -0.15) is 0 Å². The number of ketones is 1. The van der Waals surface area contributed by atoms with Crippen LogP contribution in [0, 0.1) is 17.8 Å². The number of primary amides is 1. The van der Waals surface area contributed by atoms with Crippen molar-refractivity contribution in [1.29, 1.82) is 0 Å². The molecular formula is C94H95N7O29. The Bertz CT molecular complexity index is 5900. The van der Waals surface area contributed by atoms with Crippen molar-refractivity contribution < 1.29 is 146 Å². The maximum Gasteiger partial charge on any atom is 0.312 e. The van der Waals surface area contributed by atoms with Gasteiger partial charge in [-0.25, -0.2) is 4.98 Å². The van der Waals surface area contributed by atoms with Crippen molar-refractivity contribution in [2.75, 3.05) is 53.9 Å². The van der Waals surface area contributed by atoms with Crippen LogP contribution in [-0.2, 0) is 24.2 Å². The zero-order valence-corrected chi connectivity index (χ0v) is 69.8. The van der Waals surface area contributed by atoms with Gasteiger partial charge in [0.1, 0.15) is 5.78 Å². The number of aromatic nitrogens is 1. The van der Waals surface area contributed by atoms with Gasteiger partial charge in [0.15, 0.2) is 132 Å². The minimum atomic E-state index is -0.639. The SMILES string of the molecule is CN(CCN(C)C(=O)c1ccc(O)c(O)c1)C(=O)c1ccc(O)c(O)c1.CN1CC(Cc2ccc(O)c(O)c2)C(=O)C(Cc2ccc(O)c(O)c2)C1.NC(=O)c1ccc(O)c(O)c1.O=C(c1ccc(O)c(O)c1)N1CC2CCC1C2.Oc1ccc(C(c2ccc(O)c(O)c2)c2ccc(O)c(O)c2)cc1O.Oc1ccc(CN=Cc2nc(-c3ccc(O)c(O)c3)oc2O)cc1O. The Morgan fingerprint density at radius 1 is 0.415 bits per heavy atom. The van der Waals surface area contributed by atoms with E-state index in [0.717, 1.165) is 36.6 Å². The molecule has 15 rings (SSSR count). The Kier molecular flexibility index (Phi) is 31.0. The summed E-state index contributed by atoms with van der Waals surface area (Å²) in [5.41, 5.74) is 10.4. The molecule has 3 aliphatic rings. The van der Waals surface area contributed by atoms with Crippen molar-refractivity contribution in [3.8, 4) is 144 Å². The predicted octanol–water partition coefficient (Wildman–Crippen LogP) is 10.9. The Morgan fingerprint density at radius 2 is 0.754 bits per heavy atom. The fraction of sp³-hybridized carbons (Fsp3) is 0.202. The predicted molar refractivity (Wildman–Crippen MR) is 468 cm³/mol. The van der Waals surface area contributed by atoms with Crippen LogP contribution >= 0.6 is 0 Å². The first kappa shape index (κ1) is 95.4. The molecule has 130 heavy (non-hydrogen) atoms. The second-order valence-corrected chi connectivity index (χ2v) is 30.9. The molecule has 1 aliphatic carbocycles. The molecule has 4 atom stereocenters. The van der Waals surface area contributed by atoms with E-state index in [1.807, 2.05) is 11.9 Å². The number of piperidine rings is 2. The molecule has 11 aromatic carbocycles. The van der Waals surface area contributed by atoms with Crippen molar-refractivity contribution in [3.63, 3.8) is 0 Å². The van der Waals surface area contributed by atoms with Gasteiger partial charge in [0.2, 0.25) is 11.8 Å². The van der Waals surface area contributed by atoms with E-state index in [4.69, 9.17) is 20.4 Å². The lowest BCUT2D eigenvalue weighted by molar-refractivity contribution is -0.130. The van der Waals surface area contributed by atoms with Crippen molar-refractivity contribution in [1.82, 2.24) is 24.6 Å². The zero-order chi connectivity index (χ0) is 94.8. The molecule has 3 fully saturated rings. The Morgan fingerprint density at radius 3 is 1.12 bits per heavy atom. The van der Waals surface area contributed by atoms with Gasteiger partial charge in [0.05, 0.1) is 12.8 Å². The number of nitrogens with two attached hydrogens (primary N) is 1. The largest absolute Gasteiger partial charge is 0.504 e. The highest BCUT2D eigenvalue weighted by Gasteiger charge is 2.41. The molecule has 1 aromatic heterocycles. The molecule has 3 heterocycles. The number of aliphatic imine (C=N–C) groups is 1. The summed E-state index contributed by atoms with van der Waals surface area (Å²) in [5, 5.41) is 217. The molecule has 4 amide bonds. The number of nitrogens with zero attached hydrogens (tertiary/aromatic N) is 6. The standard InChI is InChI=1S/C20H23NO5.C19H16O6.C18H20N2O6.C17H14N2O6.C13H15NO3.C7H7NO3/c1-21-10-14(6-12-2-4-16(22)18(24)8-12)20(26)15(11-21)7-13-3-5-17(23)19(25)9-13;20-13-4-1-10(7-16(13)23)19(11-2-5-14(21)17(24)8-11)12-3-6-15(22)18(25)9-12;1-19(17(25)11-3-5-13(21)15(23)9-11)7-8-20(2)18(26)12-4-6-14(22)16(24)10-12;20-12-3-1-9(5-14(12)22)7-18-8-11-17(24)25-16(19-11)10-2-4-13(21)15(23)6-10;15-11-4-2-9(6-12(11)16)13(17)14-7-8-1-3-10(14)5-8;8-7(11)4-1-2-5(9)6(10)3-4/h2-5,8-9,14-15,22-25H,6-7,10-11H2,1H3;1-9,19-25H;3-6,9-10,21-24H,7-8H2,1-2H3;1-6,8,20-24H,7H2;2,4,6,8,10,15-16H,1,3,5,7H2;1-3,9-10H,(H2,8,11). The summed E-state index contributed by atoms with van der Waals surface area (Å²) in [5.74, 6) is -7.92. The van der Waals surface area contributed by atoms with Crippen LogP contribution in [0.4, 0.5) is 0 Å². The lowest BCUT2D eigenvalue weighted by atomic mass is 9.81. The first-order valence-electron chi connectivity index (χ1n) is 39.8. The number of likely N-dealkylation sites (tertiary alicyclic amines) is 2. The van der Waals surface area contributed by atoms with Crippen LogP contribution in [0.1, 0.15) is 106 Å². The zero-order valence-electron chi connectivity index (χ0n) is 69.8. The monoisotopic (exact) mass is 1790 g/mol. The molecular weight excluding hydrogens is 1690 g/mol. The second kappa shape index (κ2) is 42.3. The third-order valence-corrected chi connectivity index (χ3v) is 21.4. The highest BCUT2D eigenvalue weighted by molar-refractivity contribution is 5.97. The van der Waals surface area contributed by atoms with Crippen LogP contribution in [0.25, 0.3) is 11.5 Å². The normalized spacial score (nSPS) is 14.8. The molecule has 1 saturated carbocycles. The van der Waals surface area contributed by atoms with E-state index in [0.29, 0.717) is 71.3 Å². The maximum absolute atomic E-state index is 12.9. The Balaban J connectivity index is 0.000000165. The number of carbonyl (C=O) groups is 5. The number of carbonyl (C=O) groups excluding carboxylic acids is 5. The third-order valence-electron chi connectivity index (χ3n) is 21.4. The van der Waals surface area contributed by atoms with Crippen molar-refractivity contribution >= 4 is 35.6 Å². The van der Waals surface area contributed by atoms with Crippen molar-refractivity contribution in [2.45, 2.75) is 50.6 Å². The van der Waals surface area contributed by atoms with E-state index in [9.17, 15) is 131 Å². The third kappa shape index (κ3) is 24.6. The van der Waals surface area contributed by atoms with Crippen molar-refractivity contribution in [2.24, 2.45) is 28.5 Å².